The van der Waals surface area contributed by atoms with Crippen LogP contribution >= 0.6 is 11.8 Å². The first-order valence-corrected chi connectivity index (χ1v) is 6.40. The van der Waals surface area contributed by atoms with Crippen LogP contribution in [0.1, 0.15) is 20.7 Å². The van der Waals surface area contributed by atoms with E-state index in [1.807, 2.05) is 0 Å². The van der Waals surface area contributed by atoms with E-state index in [2.05, 4.69) is 4.74 Å². The number of benzene rings is 1. The molecule has 0 aliphatic carbocycles. The third kappa shape index (κ3) is 2.24. The van der Waals surface area contributed by atoms with Crippen molar-refractivity contribution in [2.45, 2.75) is 0 Å². The maximum atomic E-state index is 11.9. The zero-order valence-corrected chi connectivity index (χ0v) is 10.5. The van der Waals surface area contributed by atoms with Crippen LogP contribution in [0, 0.1) is 0 Å². The zero-order valence-electron chi connectivity index (χ0n) is 9.71. The predicted molar refractivity (Wildman–Crippen MR) is 66.3 cm³/mol. The number of carbonyl (C=O) groups is 3. The van der Waals surface area contributed by atoms with E-state index in [0.717, 1.165) is 4.90 Å². The summed E-state index contributed by atoms with van der Waals surface area (Å²) < 4.78 is 4.48. The zero-order chi connectivity index (χ0) is 13.1. The highest BCUT2D eigenvalue weighted by molar-refractivity contribution is 7.99. The number of fused-ring (bicyclic) bond motifs is 1. The normalized spacial score (nSPS) is 13.7. The highest BCUT2D eigenvalue weighted by Gasteiger charge is 2.34. The van der Waals surface area contributed by atoms with Crippen molar-refractivity contribution in [1.82, 2.24) is 4.90 Å². The quantitative estimate of drug-likeness (QED) is 0.603. The molecule has 0 bridgehead atoms. The molecule has 1 aliphatic rings. The minimum atomic E-state index is -0.378. The molecule has 5 nitrogen and oxygen atoms in total. The van der Waals surface area contributed by atoms with Gasteiger partial charge in [-0.15, -0.1) is 11.8 Å². The third-order valence-corrected chi connectivity index (χ3v) is 3.43. The lowest BCUT2D eigenvalue weighted by Crippen LogP contribution is -2.29. The number of esters is 1. The van der Waals surface area contributed by atoms with Crippen molar-refractivity contribution < 1.29 is 19.1 Å². The molecule has 1 aromatic carbocycles. The summed E-state index contributed by atoms with van der Waals surface area (Å²) in [6.45, 7) is 0. The van der Waals surface area contributed by atoms with Crippen LogP contribution in [-0.4, -0.2) is 41.4 Å². The average molecular weight is 265 g/mol. The van der Waals surface area contributed by atoms with Crippen molar-refractivity contribution in [3.8, 4) is 0 Å². The maximum Gasteiger partial charge on any atom is 0.315 e. The minimum Gasteiger partial charge on any atom is -0.468 e. The Morgan fingerprint density at radius 3 is 2.28 bits per heavy atom. The lowest BCUT2D eigenvalue weighted by molar-refractivity contribution is -0.137. The fourth-order valence-corrected chi connectivity index (χ4v) is 2.43. The number of amides is 2. The molecule has 0 N–H and O–H groups in total. The van der Waals surface area contributed by atoms with Crippen molar-refractivity contribution in [2.75, 3.05) is 18.7 Å². The molecule has 0 fully saturated rings. The van der Waals surface area contributed by atoms with Crippen LogP contribution in [-0.2, 0) is 9.53 Å². The molecule has 6 heteroatoms. The smallest absolute Gasteiger partial charge is 0.315 e. The van der Waals surface area contributed by atoms with E-state index in [1.54, 1.807) is 24.3 Å². The molecule has 18 heavy (non-hydrogen) atoms. The number of hydrogen-bond acceptors (Lipinski definition) is 5. The molecule has 1 heterocycles. The Kier molecular flexibility index (Phi) is 3.66. The van der Waals surface area contributed by atoms with Crippen LogP contribution < -0.4 is 0 Å². The Balaban J connectivity index is 2.03. The second kappa shape index (κ2) is 5.22. The van der Waals surface area contributed by atoms with Gasteiger partial charge in [-0.1, -0.05) is 12.1 Å². The first kappa shape index (κ1) is 12.6. The van der Waals surface area contributed by atoms with Crippen LogP contribution in [0.4, 0.5) is 0 Å². The Bertz CT molecular complexity index is 480. The first-order chi connectivity index (χ1) is 8.65. The Labute approximate surface area is 108 Å². The van der Waals surface area contributed by atoms with Crippen molar-refractivity contribution in [3.05, 3.63) is 35.4 Å². The molecule has 0 unspecified atom stereocenters. The van der Waals surface area contributed by atoms with Gasteiger partial charge in [0, 0.05) is 0 Å². The van der Waals surface area contributed by atoms with E-state index in [1.165, 1.54) is 18.9 Å². The number of thioether (sulfide) groups is 1. The number of hydrogen-bond donors (Lipinski definition) is 0. The molecule has 0 spiro atoms. The van der Waals surface area contributed by atoms with E-state index >= 15 is 0 Å². The maximum absolute atomic E-state index is 11.9. The standard InChI is InChI=1S/C12H11NO4S/c1-17-10(14)6-18-7-13-11(15)8-4-2-3-5-9(8)12(13)16/h2-5H,6-7H2,1H3. The summed E-state index contributed by atoms with van der Waals surface area (Å²) in [7, 11) is 1.30. The van der Waals surface area contributed by atoms with E-state index in [9.17, 15) is 14.4 Å². The van der Waals surface area contributed by atoms with Crippen molar-refractivity contribution in [2.24, 2.45) is 0 Å². The summed E-state index contributed by atoms with van der Waals surface area (Å²) in [5.74, 6) is -0.733. The Hall–Kier alpha value is -1.82. The number of methoxy groups -OCH3 is 1. The fraction of sp³-hybridized carbons (Fsp3) is 0.250. The van der Waals surface area contributed by atoms with Gasteiger partial charge in [0.25, 0.3) is 11.8 Å². The van der Waals surface area contributed by atoms with Gasteiger partial charge < -0.3 is 4.74 Å². The van der Waals surface area contributed by atoms with Crippen LogP contribution in [0.3, 0.4) is 0 Å². The second-order valence-corrected chi connectivity index (χ2v) is 4.59. The lowest BCUT2D eigenvalue weighted by atomic mass is 10.1. The lowest BCUT2D eigenvalue weighted by Gasteiger charge is -2.12. The number of ether oxygens (including phenoxy) is 1. The molecule has 0 saturated carbocycles. The van der Waals surface area contributed by atoms with Gasteiger partial charge in [-0.2, -0.15) is 0 Å². The van der Waals surface area contributed by atoms with Crippen LogP contribution in [0.5, 0.6) is 0 Å². The molecular formula is C12H11NO4S. The van der Waals surface area contributed by atoms with Crippen LogP contribution in [0.15, 0.2) is 24.3 Å². The Morgan fingerprint density at radius 1 is 1.22 bits per heavy atom. The monoisotopic (exact) mass is 265 g/mol. The van der Waals surface area contributed by atoms with E-state index in [4.69, 9.17) is 0 Å². The molecule has 0 atom stereocenters. The summed E-state index contributed by atoms with van der Waals surface area (Å²) in [4.78, 5) is 35.9. The van der Waals surface area contributed by atoms with Gasteiger partial charge in [-0.25, -0.2) is 0 Å². The molecule has 1 aromatic rings. The van der Waals surface area contributed by atoms with Gasteiger partial charge in [0.2, 0.25) is 0 Å². The van der Waals surface area contributed by atoms with Gasteiger partial charge in [0.15, 0.2) is 0 Å². The number of nitrogens with zero attached hydrogens (tertiary/aromatic N) is 1. The fourth-order valence-electron chi connectivity index (χ4n) is 1.64. The van der Waals surface area contributed by atoms with E-state index in [-0.39, 0.29) is 29.4 Å². The van der Waals surface area contributed by atoms with Crippen molar-refractivity contribution >= 4 is 29.5 Å². The molecule has 0 aromatic heterocycles. The topological polar surface area (TPSA) is 63.7 Å². The highest BCUT2D eigenvalue weighted by atomic mass is 32.2. The number of imide groups is 1. The van der Waals surface area contributed by atoms with Crippen LogP contribution in [0.25, 0.3) is 0 Å². The van der Waals surface area contributed by atoms with E-state index < -0.39 is 0 Å². The summed E-state index contributed by atoms with van der Waals surface area (Å²) in [5, 5.41) is 0. The third-order valence-electron chi connectivity index (χ3n) is 2.55. The van der Waals surface area contributed by atoms with Crippen LogP contribution in [0.2, 0.25) is 0 Å². The van der Waals surface area contributed by atoms with Gasteiger partial charge >= 0.3 is 5.97 Å². The average Bonchev–Trinajstić information content (AvgIpc) is 2.64. The Morgan fingerprint density at radius 2 is 1.78 bits per heavy atom. The largest absolute Gasteiger partial charge is 0.468 e. The second-order valence-electron chi connectivity index (χ2n) is 3.64. The summed E-state index contributed by atoms with van der Waals surface area (Å²) in [6, 6.07) is 6.69. The summed E-state index contributed by atoms with van der Waals surface area (Å²) in [6.07, 6.45) is 0. The van der Waals surface area contributed by atoms with Gasteiger partial charge in [-0.05, 0) is 12.1 Å². The van der Waals surface area contributed by atoms with Gasteiger partial charge in [-0.3, -0.25) is 19.3 Å². The molecule has 2 amide bonds. The minimum absolute atomic E-state index is 0.115. The molecule has 2 rings (SSSR count). The first-order valence-electron chi connectivity index (χ1n) is 5.25. The number of rotatable bonds is 4. The summed E-state index contributed by atoms with van der Waals surface area (Å²) >= 11 is 1.17. The molecule has 0 radical (unpaired) electrons. The molecule has 94 valence electrons. The van der Waals surface area contributed by atoms with Gasteiger partial charge in [0.05, 0.1) is 29.9 Å². The molecule has 1 aliphatic heterocycles. The van der Waals surface area contributed by atoms with Crippen molar-refractivity contribution in [3.63, 3.8) is 0 Å². The summed E-state index contributed by atoms with van der Waals surface area (Å²) in [5.41, 5.74) is 0.835. The number of carbonyl (C=O) groups excluding carboxylic acids is 3. The van der Waals surface area contributed by atoms with Crippen molar-refractivity contribution in [1.29, 1.82) is 0 Å². The van der Waals surface area contributed by atoms with Gasteiger partial charge in [0.1, 0.15) is 0 Å². The predicted octanol–water partition coefficient (Wildman–Crippen LogP) is 1.15. The highest BCUT2D eigenvalue weighted by Crippen LogP contribution is 2.23. The van der Waals surface area contributed by atoms with E-state index in [0.29, 0.717) is 11.1 Å². The molecular weight excluding hydrogens is 254 g/mol. The SMILES string of the molecule is COC(=O)CSCN1C(=O)c2ccccc2C1=O. The molecule has 0 saturated heterocycles.